The van der Waals surface area contributed by atoms with Crippen LogP contribution in [0.15, 0.2) is 18.2 Å². The Balaban J connectivity index is 2.23. The maximum absolute atomic E-state index is 13.3. The van der Waals surface area contributed by atoms with E-state index in [9.17, 15) is 19.1 Å². The van der Waals surface area contributed by atoms with Crippen molar-refractivity contribution in [2.24, 2.45) is 0 Å². The minimum absolute atomic E-state index is 0.345. The molecule has 0 aliphatic carbocycles. The zero-order valence-electron chi connectivity index (χ0n) is 12.1. The summed E-state index contributed by atoms with van der Waals surface area (Å²) >= 11 is 0. The molecule has 0 saturated carbocycles. The third-order valence-electron chi connectivity index (χ3n) is 4.16. The van der Waals surface area contributed by atoms with Gasteiger partial charge in [0.05, 0.1) is 0 Å². The van der Waals surface area contributed by atoms with E-state index in [1.807, 2.05) is 0 Å². The Morgan fingerprint density at radius 3 is 2.81 bits per heavy atom. The lowest BCUT2D eigenvalue weighted by atomic mass is 9.93. The Hall–Kier alpha value is -2.11. The molecule has 5 nitrogen and oxygen atoms in total. The van der Waals surface area contributed by atoms with Gasteiger partial charge < -0.3 is 15.3 Å². The van der Waals surface area contributed by atoms with E-state index in [0.29, 0.717) is 31.5 Å². The second kappa shape index (κ2) is 5.71. The van der Waals surface area contributed by atoms with E-state index in [4.69, 9.17) is 0 Å². The highest BCUT2D eigenvalue weighted by atomic mass is 19.1. The highest BCUT2D eigenvalue weighted by Gasteiger charge is 2.48. The van der Waals surface area contributed by atoms with Crippen molar-refractivity contribution in [2.75, 3.05) is 11.9 Å². The lowest BCUT2D eigenvalue weighted by Crippen LogP contribution is -2.54. The predicted molar refractivity (Wildman–Crippen MR) is 76.8 cm³/mol. The van der Waals surface area contributed by atoms with Crippen molar-refractivity contribution in [2.45, 2.75) is 38.6 Å². The van der Waals surface area contributed by atoms with E-state index in [-0.39, 0.29) is 0 Å². The quantitative estimate of drug-likeness (QED) is 0.900. The largest absolute Gasteiger partial charge is 0.479 e. The summed E-state index contributed by atoms with van der Waals surface area (Å²) in [5.74, 6) is -1.44. The lowest BCUT2D eigenvalue weighted by Gasteiger charge is -2.33. The molecule has 21 heavy (non-hydrogen) atoms. The molecule has 0 aromatic heterocycles. The standard InChI is InChI=1S/C15H19FN2O3/c1-3-15(13(19)20)7-4-8-18(15)14(21)17-12-9-11(16)6-5-10(12)2/h5-6,9H,3-4,7-8H2,1-2H3,(H,17,21)(H,19,20). The first-order valence-electron chi connectivity index (χ1n) is 6.99. The molecule has 0 spiro atoms. The number of aliphatic carboxylic acids is 1. The summed E-state index contributed by atoms with van der Waals surface area (Å²) in [6.07, 6.45) is 1.43. The van der Waals surface area contributed by atoms with Gasteiger partial charge in [0.1, 0.15) is 11.4 Å². The van der Waals surface area contributed by atoms with Crippen molar-refractivity contribution < 1.29 is 19.1 Å². The number of nitrogens with one attached hydrogen (secondary N) is 1. The highest BCUT2D eigenvalue weighted by molar-refractivity contribution is 5.95. The number of likely N-dealkylation sites (tertiary alicyclic amines) is 1. The van der Waals surface area contributed by atoms with Crippen molar-refractivity contribution in [3.8, 4) is 0 Å². The molecule has 1 aromatic rings. The molecule has 0 bridgehead atoms. The molecular formula is C15H19FN2O3. The average Bonchev–Trinajstić information content (AvgIpc) is 2.88. The smallest absolute Gasteiger partial charge is 0.329 e. The van der Waals surface area contributed by atoms with Crippen LogP contribution in [0.3, 0.4) is 0 Å². The van der Waals surface area contributed by atoms with Gasteiger partial charge in [-0.2, -0.15) is 0 Å². The number of benzene rings is 1. The number of urea groups is 1. The zero-order valence-corrected chi connectivity index (χ0v) is 12.1. The number of carbonyl (C=O) groups is 2. The van der Waals surface area contributed by atoms with E-state index in [1.165, 1.54) is 17.0 Å². The molecule has 114 valence electrons. The van der Waals surface area contributed by atoms with Crippen LogP contribution in [0.5, 0.6) is 0 Å². The van der Waals surface area contributed by atoms with Crippen molar-refractivity contribution in [3.05, 3.63) is 29.6 Å². The molecule has 6 heteroatoms. The van der Waals surface area contributed by atoms with Crippen LogP contribution >= 0.6 is 0 Å². The summed E-state index contributed by atoms with van der Waals surface area (Å²) in [6, 6.07) is 3.62. The number of rotatable bonds is 3. The fourth-order valence-electron chi connectivity index (χ4n) is 2.83. The Morgan fingerprint density at radius 2 is 2.19 bits per heavy atom. The SMILES string of the molecule is CCC1(C(=O)O)CCCN1C(=O)Nc1cc(F)ccc1C. The normalized spacial score (nSPS) is 21.4. The molecule has 1 aromatic carbocycles. The van der Waals surface area contributed by atoms with Gasteiger partial charge >= 0.3 is 12.0 Å². The van der Waals surface area contributed by atoms with Gasteiger partial charge in [-0.25, -0.2) is 14.0 Å². The Bertz CT molecular complexity index is 576. The fraction of sp³-hybridized carbons (Fsp3) is 0.467. The minimum Gasteiger partial charge on any atom is -0.479 e. The van der Waals surface area contributed by atoms with Gasteiger partial charge in [-0.1, -0.05) is 13.0 Å². The number of amides is 2. The lowest BCUT2D eigenvalue weighted by molar-refractivity contribution is -0.148. The number of nitrogens with zero attached hydrogens (tertiary/aromatic N) is 1. The van der Waals surface area contributed by atoms with Gasteiger partial charge in [-0.15, -0.1) is 0 Å². The van der Waals surface area contributed by atoms with E-state index >= 15 is 0 Å². The summed E-state index contributed by atoms with van der Waals surface area (Å²) in [4.78, 5) is 25.3. The first-order valence-corrected chi connectivity index (χ1v) is 6.99. The van der Waals surface area contributed by atoms with E-state index in [0.717, 1.165) is 5.56 Å². The van der Waals surface area contributed by atoms with Gasteiger partial charge in [-0.3, -0.25) is 0 Å². The average molecular weight is 294 g/mol. The number of aryl methyl sites for hydroxylation is 1. The van der Waals surface area contributed by atoms with Crippen LogP contribution in [0.2, 0.25) is 0 Å². The monoisotopic (exact) mass is 294 g/mol. The third-order valence-corrected chi connectivity index (χ3v) is 4.16. The van der Waals surface area contributed by atoms with Crippen LogP contribution in [0.1, 0.15) is 31.7 Å². The van der Waals surface area contributed by atoms with Gasteiger partial charge in [0.15, 0.2) is 0 Å². The number of hydrogen-bond donors (Lipinski definition) is 2. The van der Waals surface area contributed by atoms with E-state index in [2.05, 4.69) is 5.32 Å². The van der Waals surface area contributed by atoms with Crippen molar-refractivity contribution in [3.63, 3.8) is 0 Å². The molecule has 0 radical (unpaired) electrons. The van der Waals surface area contributed by atoms with Crippen LogP contribution in [0, 0.1) is 12.7 Å². The maximum Gasteiger partial charge on any atom is 0.329 e. The van der Waals surface area contributed by atoms with Gasteiger partial charge in [0.25, 0.3) is 0 Å². The molecule has 1 aliphatic rings. The molecule has 2 rings (SSSR count). The first-order chi connectivity index (χ1) is 9.90. The molecule has 1 heterocycles. The number of halogens is 1. The van der Waals surface area contributed by atoms with Crippen molar-refractivity contribution >= 4 is 17.7 Å². The molecule has 2 N–H and O–H groups in total. The third kappa shape index (κ3) is 2.70. The molecule has 1 fully saturated rings. The molecular weight excluding hydrogens is 275 g/mol. The number of carboxylic acid groups (broad SMARTS) is 1. The van der Waals surface area contributed by atoms with Crippen LogP contribution < -0.4 is 5.32 Å². The zero-order chi connectivity index (χ0) is 15.6. The summed E-state index contributed by atoms with van der Waals surface area (Å²) in [5, 5.41) is 12.1. The molecule has 1 atom stereocenters. The summed E-state index contributed by atoms with van der Waals surface area (Å²) < 4.78 is 13.3. The van der Waals surface area contributed by atoms with Gasteiger partial charge in [0.2, 0.25) is 0 Å². The summed E-state index contributed by atoms with van der Waals surface area (Å²) in [6.45, 7) is 3.90. The Labute approximate surface area is 122 Å². The van der Waals surface area contributed by atoms with E-state index < -0.39 is 23.4 Å². The van der Waals surface area contributed by atoms with Crippen LogP contribution in [0.4, 0.5) is 14.9 Å². The minimum atomic E-state index is -1.16. The summed E-state index contributed by atoms with van der Waals surface area (Å²) in [5.41, 5.74) is -0.0747. The molecule has 1 aliphatic heterocycles. The van der Waals surface area contributed by atoms with Gasteiger partial charge in [-0.05, 0) is 43.9 Å². The van der Waals surface area contributed by atoms with Gasteiger partial charge in [0, 0.05) is 12.2 Å². The number of carboxylic acids is 1. The van der Waals surface area contributed by atoms with Crippen molar-refractivity contribution in [1.82, 2.24) is 4.90 Å². The molecule has 1 saturated heterocycles. The van der Waals surface area contributed by atoms with E-state index in [1.54, 1.807) is 19.9 Å². The highest BCUT2D eigenvalue weighted by Crippen LogP contribution is 2.33. The second-order valence-electron chi connectivity index (χ2n) is 5.33. The first kappa shape index (κ1) is 15.3. The van der Waals surface area contributed by atoms with Crippen LogP contribution in [0.25, 0.3) is 0 Å². The second-order valence-corrected chi connectivity index (χ2v) is 5.33. The van der Waals surface area contributed by atoms with Crippen LogP contribution in [-0.4, -0.2) is 34.1 Å². The molecule has 1 unspecified atom stereocenters. The Morgan fingerprint density at radius 1 is 1.48 bits per heavy atom. The number of carbonyl (C=O) groups excluding carboxylic acids is 1. The Kier molecular flexibility index (Phi) is 4.16. The summed E-state index contributed by atoms with van der Waals surface area (Å²) in [7, 11) is 0. The van der Waals surface area contributed by atoms with Crippen molar-refractivity contribution in [1.29, 1.82) is 0 Å². The fourth-order valence-corrected chi connectivity index (χ4v) is 2.83. The number of anilines is 1. The molecule has 2 amide bonds. The predicted octanol–water partition coefficient (Wildman–Crippen LogP) is 3.00. The maximum atomic E-state index is 13.3. The topological polar surface area (TPSA) is 69.6 Å². The number of hydrogen-bond acceptors (Lipinski definition) is 2. The van der Waals surface area contributed by atoms with Crippen LogP contribution in [-0.2, 0) is 4.79 Å².